The Balaban J connectivity index is 2.54. The van der Waals surface area contributed by atoms with Gasteiger partial charge in [-0.15, -0.1) is 0 Å². The second-order valence-electron chi connectivity index (χ2n) is 9.14. The molecule has 2 heterocycles. The molecule has 15 heteroatoms. The lowest BCUT2D eigenvalue weighted by atomic mass is 9.90. The predicted octanol–water partition coefficient (Wildman–Crippen LogP) is 3.24. The van der Waals surface area contributed by atoms with E-state index in [1.807, 2.05) is 32.4 Å². The number of aliphatic hydroxyl groups is 1. The van der Waals surface area contributed by atoms with Crippen LogP contribution < -0.4 is 11.2 Å². The van der Waals surface area contributed by atoms with Gasteiger partial charge in [-0.3, -0.25) is 18.9 Å². The number of H-pyrrole nitrogens is 1. The summed E-state index contributed by atoms with van der Waals surface area (Å²) in [5.74, 6) is 1.18. The van der Waals surface area contributed by atoms with Crippen LogP contribution in [0, 0.1) is 11.3 Å². The number of aliphatic hydroxyl groups excluding tert-OH is 1. The first-order chi connectivity index (χ1) is 18.0. The van der Waals surface area contributed by atoms with Crippen molar-refractivity contribution in [2.75, 3.05) is 27.4 Å². The number of aromatic amines is 1. The van der Waals surface area contributed by atoms with E-state index in [9.17, 15) is 19.3 Å². The van der Waals surface area contributed by atoms with Crippen molar-refractivity contribution in [3.05, 3.63) is 45.0 Å². The number of nitrogens with one attached hydrogen (secondary N) is 1. The van der Waals surface area contributed by atoms with Gasteiger partial charge in [-0.05, 0) is 46.6 Å². The summed E-state index contributed by atoms with van der Waals surface area (Å²) < 4.78 is 44.9. The summed E-state index contributed by atoms with van der Waals surface area (Å²) in [6.07, 6.45) is 1.75. The SMILES string of the molecule is COP(=O)(/C=C/[C@@]1(CO)O[C@@H](n2ccc(=O)[nH]c2=O)CC[C@@H]1OP(OCCC#N)N(C(C)C)C(C)C)OC. The minimum absolute atomic E-state index is 0.0291. The number of hydrogen-bond acceptors (Lipinski definition) is 11. The van der Waals surface area contributed by atoms with Crippen LogP contribution in [-0.2, 0) is 27.4 Å². The molecule has 0 aromatic carbocycles. The summed E-state index contributed by atoms with van der Waals surface area (Å²) in [5, 5.41) is 19.7. The van der Waals surface area contributed by atoms with Crippen molar-refractivity contribution in [3.8, 4) is 6.07 Å². The number of aromatic nitrogens is 2. The molecule has 1 fully saturated rings. The summed E-state index contributed by atoms with van der Waals surface area (Å²) in [5.41, 5.74) is -2.82. The first-order valence-electron chi connectivity index (χ1n) is 12.2. The number of nitriles is 1. The fraction of sp³-hybridized carbons (Fsp3) is 0.696. The molecule has 4 atom stereocenters. The molecule has 0 spiro atoms. The van der Waals surface area contributed by atoms with Gasteiger partial charge in [0.15, 0.2) is 0 Å². The van der Waals surface area contributed by atoms with Crippen LogP contribution in [0.15, 0.2) is 33.7 Å². The molecular weight excluding hydrogens is 538 g/mol. The summed E-state index contributed by atoms with van der Waals surface area (Å²) in [6.45, 7) is 7.51. The number of ether oxygens (including phenoxy) is 1. The van der Waals surface area contributed by atoms with Crippen molar-refractivity contribution in [2.24, 2.45) is 0 Å². The average molecular weight is 577 g/mol. The predicted molar refractivity (Wildman–Crippen MR) is 141 cm³/mol. The molecule has 1 aromatic rings. The van der Waals surface area contributed by atoms with Gasteiger partial charge in [-0.25, -0.2) is 9.46 Å². The highest BCUT2D eigenvalue weighted by Gasteiger charge is 2.48. The van der Waals surface area contributed by atoms with Crippen molar-refractivity contribution in [3.63, 3.8) is 0 Å². The standard InChI is InChI=1S/C23H38N4O9P2/c1-17(2)27(18(3)4)37(34-14-7-12-24)36-19-8-9-21(26-13-10-20(29)25-22(26)30)35-23(19,16-28)11-15-38(31,32-5)33-6/h10-11,13,15,17-19,21,28H,7-9,14,16H2,1-6H3,(H,25,29,30)/b15-11+/t19-,21+,23-,37?/m0/s1. The fourth-order valence-corrected chi connectivity index (χ4v) is 6.71. The third-order valence-electron chi connectivity index (χ3n) is 5.91. The Bertz CT molecular complexity index is 1120. The Labute approximate surface area is 223 Å². The molecule has 0 bridgehead atoms. The van der Waals surface area contributed by atoms with Crippen molar-refractivity contribution in [1.82, 2.24) is 14.2 Å². The molecule has 13 nitrogen and oxygen atoms in total. The van der Waals surface area contributed by atoms with Gasteiger partial charge in [0.25, 0.3) is 14.1 Å². The molecule has 1 aliphatic rings. The highest BCUT2D eigenvalue weighted by Crippen LogP contribution is 2.53. The molecule has 0 amide bonds. The normalized spacial score (nSPS) is 23.4. The highest BCUT2D eigenvalue weighted by atomic mass is 31.2. The van der Waals surface area contributed by atoms with Crippen LogP contribution in [-0.4, -0.2) is 70.6 Å². The Morgan fingerprint density at radius 2 is 1.97 bits per heavy atom. The molecule has 1 aromatic heterocycles. The zero-order valence-corrected chi connectivity index (χ0v) is 24.4. The molecule has 0 aliphatic carbocycles. The van der Waals surface area contributed by atoms with Gasteiger partial charge in [0.1, 0.15) is 17.9 Å². The molecule has 2 rings (SSSR count). The first kappa shape index (κ1) is 32.5. The van der Waals surface area contributed by atoms with Crippen LogP contribution in [0.3, 0.4) is 0 Å². The van der Waals surface area contributed by atoms with E-state index in [0.717, 1.165) is 0 Å². The Hall–Kier alpha value is -1.71. The molecule has 1 aliphatic heterocycles. The summed E-state index contributed by atoms with van der Waals surface area (Å²) >= 11 is 0. The fourth-order valence-electron chi connectivity index (χ4n) is 4.07. The van der Waals surface area contributed by atoms with Gasteiger partial charge in [-0.2, -0.15) is 5.26 Å². The van der Waals surface area contributed by atoms with E-state index < -0.39 is 51.9 Å². The first-order valence-corrected chi connectivity index (χ1v) is 15.0. The minimum atomic E-state index is -3.66. The highest BCUT2D eigenvalue weighted by molar-refractivity contribution is 7.57. The lowest BCUT2D eigenvalue weighted by Crippen LogP contribution is -2.53. The molecule has 38 heavy (non-hydrogen) atoms. The van der Waals surface area contributed by atoms with E-state index in [1.54, 1.807) is 0 Å². The monoisotopic (exact) mass is 576 g/mol. The van der Waals surface area contributed by atoms with E-state index in [2.05, 4.69) is 11.1 Å². The number of rotatable bonds is 14. The van der Waals surface area contributed by atoms with Crippen LogP contribution in [0.2, 0.25) is 0 Å². The minimum Gasteiger partial charge on any atom is -0.393 e. The van der Waals surface area contributed by atoms with Crippen LogP contribution in [0.25, 0.3) is 0 Å². The van der Waals surface area contributed by atoms with E-state index >= 15 is 0 Å². The largest absolute Gasteiger partial charge is 0.393 e. The molecule has 214 valence electrons. The quantitative estimate of drug-likeness (QED) is 0.247. The van der Waals surface area contributed by atoms with Gasteiger partial charge < -0.3 is 27.9 Å². The molecule has 2 N–H and O–H groups in total. The summed E-state index contributed by atoms with van der Waals surface area (Å²) in [6, 6.07) is 3.31. The molecular formula is C23H38N4O9P2. The second kappa shape index (κ2) is 14.6. The zero-order chi connectivity index (χ0) is 28.5. The van der Waals surface area contributed by atoms with Crippen molar-refractivity contribution in [2.45, 2.75) is 77.0 Å². The lowest BCUT2D eigenvalue weighted by Gasteiger charge is -2.46. The number of hydrogen-bond donors (Lipinski definition) is 2. The molecule has 1 saturated heterocycles. The van der Waals surface area contributed by atoms with E-state index in [-0.39, 0.29) is 25.1 Å². The maximum Gasteiger partial charge on any atom is 0.353 e. The van der Waals surface area contributed by atoms with Crippen molar-refractivity contribution >= 4 is 16.1 Å². The van der Waals surface area contributed by atoms with Gasteiger partial charge in [0.2, 0.25) is 0 Å². The van der Waals surface area contributed by atoms with E-state index in [1.165, 1.54) is 42.9 Å². The zero-order valence-electron chi connectivity index (χ0n) is 22.6. The lowest BCUT2D eigenvalue weighted by molar-refractivity contribution is -0.199. The smallest absolute Gasteiger partial charge is 0.353 e. The maximum absolute atomic E-state index is 12.8. The van der Waals surface area contributed by atoms with Crippen molar-refractivity contribution in [1.29, 1.82) is 5.26 Å². The molecule has 0 radical (unpaired) electrons. The van der Waals surface area contributed by atoms with Gasteiger partial charge in [0.05, 0.1) is 25.7 Å². The van der Waals surface area contributed by atoms with Gasteiger partial charge >= 0.3 is 13.3 Å². The van der Waals surface area contributed by atoms with Crippen LogP contribution in [0.4, 0.5) is 0 Å². The molecule has 0 saturated carbocycles. The van der Waals surface area contributed by atoms with Crippen LogP contribution in [0.1, 0.15) is 53.2 Å². The van der Waals surface area contributed by atoms with E-state index in [0.29, 0.717) is 12.8 Å². The Morgan fingerprint density at radius 1 is 1.32 bits per heavy atom. The Kier molecular flexibility index (Phi) is 12.5. The van der Waals surface area contributed by atoms with Crippen LogP contribution in [0.5, 0.6) is 0 Å². The van der Waals surface area contributed by atoms with Gasteiger partial charge in [-0.1, -0.05) is 0 Å². The summed E-state index contributed by atoms with van der Waals surface area (Å²) in [4.78, 5) is 26.2. The topological polar surface area (TPSA) is 165 Å². The third kappa shape index (κ3) is 8.15. The van der Waals surface area contributed by atoms with E-state index in [4.69, 9.17) is 28.1 Å². The Morgan fingerprint density at radius 3 is 2.50 bits per heavy atom. The van der Waals surface area contributed by atoms with Crippen molar-refractivity contribution < 1.29 is 32.5 Å². The van der Waals surface area contributed by atoms with Crippen LogP contribution >= 0.6 is 16.1 Å². The third-order valence-corrected chi connectivity index (χ3v) is 9.58. The number of nitrogens with zero attached hydrogens (tertiary/aromatic N) is 3. The van der Waals surface area contributed by atoms with Gasteiger partial charge in [0, 0.05) is 44.4 Å². The summed E-state index contributed by atoms with van der Waals surface area (Å²) in [7, 11) is -2.92. The molecule has 1 unspecified atom stereocenters. The second-order valence-corrected chi connectivity index (χ2v) is 12.7. The average Bonchev–Trinajstić information content (AvgIpc) is 2.87. The maximum atomic E-state index is 12.8.